The van der Waals surface area contributed by atoms with Crippen molar-refractivity contribution >= 4 is 22.0 Å². The highest BCUT2D eigenvalue weighted by Gasteiger charge is 2.32. The Morgan fingerprint density at radius 2 is 1.83 bits per heavy atom. The lowest BCUT2D eigenvalue weighted by Crippen LogP contribution is -2.47. The van der Waals surface area contributed by atoms with Gasteiger partial charge >= 0.3 is 0 Å². The average Bonchev–Trinajstić information content (AvgIpc) is 3.64. The zero-order valence-corrected chi connectivity index (χ0v) is 21.0. The summed E-state index contributed by atoms with van der Waals surface area (Å²) >= 11 is 1.47. The fraction of sp³-hybridized carbons (Fsp3) is 0.259. The van der Waals surface area contributed by atoms with Crippen molar-refractivity contribution < 1.29 is 14.3 Å². The number of hydrogen-bond acceptors (Lipinski definition) is 8. The number of nitrogens with zero attached hydrogens (tertiary/aromatic N) is 5. The molecule has 0 unspecified atom stereocenters. The Morgan fingerprint density at radius 3 is 2.50 bits per heavy atom. The van der Waals surface area contributed by atoms with E-state index in [0.29, 0.717) is 16.5 Å². The summed E-state index contributed by atoms with van der Waals surface area (Å²) in [5.41, 5.74) is 3.53. The number of furan rings is 1. The Morgan fingerprint density at radius 1 is 1.03 bits per heavy atom. The first-order chi connectivity index (χ1) is 17.6. The smallest absolute Gasteiger partial charge is 0.230 e. The molecule has 36 heavy (non-hydrogen) atoms. The molecule has 9 heteroatoms. The van der Waals surface area contributed by atoms with Crippen LogP contribution in [-0.2, 0) is 0 Å². The van der Waals surface area contributed by atoms with Gasteiger partial charge in [-0.05, 0) is 48.9 Å². The van der Waals surface area contributed by atoms with Gasteiger partial charge in [-0.3, -0.25) is 4.90 Å². The highest BCUT2D eigenvalue weighted by molar-refractivity contribution is 7.17. The standard InChI is InChI=1S/C27H27N5O3S/c1-18-5-3-6-19(17-18)23(31-14-12-30(13-15-31)20-8-10-21(34-2)11-9-20)24-26(33)32-27(36-24)28-25(29-32)22-7-4-16-35-22/h3-11,16-17,23,33H,12-15H2,1-2H3/t23-/m1/s1. The van der Waals surface area contributed by atoms with Gasteiger partial charge in [-0.1, -0.05) is 41.2 Å². The quantitative estimate of drug-likeness (QED) is 0.351. The van der Waals surface area contributed by atoms with Gasteiger partial charge < -0.3 is 19.2 Å². The van der Waals surface area contributed by atoms with Crippen molar-refractivity contribution in [3.8, 4) is 23.2 Å². The first-order valence-corrected chi connectivity index (χ1v) is 12.7. The number of piperazine rings is 1. The van der Waals surface area contributed by atoms with Crippen LogP contribution in [0, 0.1) is 6.92 Å². The summed E-state index contributed by atoms with van der Waals surface area (Å²) in [5, 5.41) is 15.8. The van der Waals surface area contributed by atoms with E-state index in [1.54, 1.807) is 19.4 Å². The fourth-order valence-corrected chi connectivity index (χ4v) is 5.96. The van der Waals surface area contributed by atoms with Crippen LogP contribution in [0.2, 0.25) is 0 Å². The van der Waals surface area contributed by atoms with Crippen molar-refractivity contribution in [3.63, 3.8) is 0 Å². The molecule has 1 fully saturated rings. The summed E-state index contributed by atoms with van der Waals surface area (Å²) < 4.78 is 12.3. The number of aromatic nitrogens is 3. The highest BCUT2D eigenvalue weighted by Crippen LogP contribution is 2.41. The minimum Gasteiger partial charge on any atom is -0.497 e. The zero-order chi connectivity index (χ0) is 24.6. The second kappa shape index (κ2) is 9.33. The van der Waals surface area contributed by atoms with Crippen molar-refractivity contribution in [2.45, 2.75) is 13.0 Å². The third-order valence-electron chi connectivity index (χ3n) is 6.66. The zero-order valence-electron chi connectivity index (χ0n) is 20.2. The molecule has 1 N–H and O–H groups in total. The molecule has 4 heterocycles. The number of ether oxygens (including phenoxy) is 1. The van der Waals surface area contributed by atoms with Gasteiger partial charge in [0.1, 0.15) is 5.75 Å². The lowest BCUT2D eigenvalue weighted by atomic mass is 10.0. The maximum absolute atomic E-state index is 11.3. The number of aryl methyl sites for hydroxylation is 1. The number of hydrogen-bond donors (Lipinski definition) is 1. The van der Waals surface area contributed by atoms with Gasteiger partial charge in [-0.15, -0.1) is 5.10 Å². The van der Waals surface area contributed by atoms with Crippen molar-refractivity contribution in [1.29, 1.82) is 0 Å². The third kappa shape index (κ3) is 4.10. The van der Waals surface area contributed by atoms with Crippen molar-refractivity contribution in [2.24, 2.45) is 0 Å². The molecule has 0 saturated carbocycles. The van der Waals surface area contributed by atoms with Crippen molar-refractivity contribution in [2.75, 3.05) is 38.2 Å². The summed E-state index contributed by atoms with van der Waals surface area (Å²) in [6.45, 7) is 5.59. The molecule has 1 atom stereocenters. The molecule has 1 saturated heterocycles. The Hall–Kier alpha value is -3.82. The maximum Gasteiger partial charge on any atom is 0.230 e. The van der Waals surface area contributed by atoms with Crippen LogP contribution in [0.25, 0.3) is 16.5 Å². The van der Waals surface area contributed by atoms with E-state index in [2.05, 4.69) is 63.2 Å². The van der Waals surface area contributed by atoms with E-state index in [4.69, 9.17) is 9.15 Å². The topological polar surface area (TPSA) is 79.3 Å². The van der Waals surface area contributed by atoms with E-state index in [1.165, 1.54) is 27.1 Å². The van der Waals surface area contributed by atoms with E-state index in [9.17, 15) is 5.11 Å². The normalized spacial score (nSPS) is 15.4. The van der Waals surface area contributed by atoms with Crippen LogP contribution >= 0.6 is 11.3 Å². The Bertz CT molecular complexity index is 1470. The Balaban J connectivity index is 1.31. The molecule has 184 valence electrons. The molecule has 3 aromatic heterocycles. The summed E-state index contributed by atoms with van der Waals surface area (Å²) in [6, 6.07) is 20.2. The first-order valence-electron chi connectivity index (χ1n) is 11.9. The van der Waals surface area contributed by atoms with Gasteiger partial charge in [-0.2, -0.15) is 9.50 Å². The van der Waals surface area contributed by atoms with Crippen LogP contribution in [0.15, 0.2) is 71.3 Å². The molecule has 2 aromatic carbocycles. The van der Waals surface area contributed by atoms with E-state index >= 15 is 0 Å². The molecule has 0 spiro atoms. The third-order valence-corrected chi connectivity index (χ3v) is 7.74. The molecule has 0 amide bonds. The lowest BCUT2D eigenvalue weighted by Gasteiger charge is -2.40. The molecule has 1 aliphatic heterocycles. The minimum absolute atomic E-state index is 0.0940. The summed E-state index contributed by atoms with van der Waals surface area (Å²) in [4.78, 5) is 10.9. The van der Waals surface area contributed by atoms with E-state index < -0.39 is 0 Å². The predicted molar refractivity (Wildman–Crippen MR) is 140 cm³/mol. The summed E-state index contributed by atoms with van der Waals surface area (Å²) in [5.74, 6) is 2.04. The van der Waals surface area contributed by atoms with Crippen LogP contribution in [-0.4, -0.2) is 57.9 Å². The van der Waals surface area contributed by atoms with Gasteiger partial charge in [0.15, 0.2) is 5.76 Å². The largest absolute Gasteiger partial charge is 0.497 e. The van der Waals surface area contributed by atoms with Crippen LogP contribution in [0.1, 0.15) is 22.0 Å². The van der Waals surface area contributed by atoms with Gasteiger partial charge in [0.05, 0.1) is 24.3 Å². The van der Waals surface area contributed by atoms with Crippen LogP contribution in [0.3, 0.4) is 0 Å². The second-order valence-electron chi connectivity index (χ2n) is 8.93. The highest BCUT2D eigenvalue weighted by atomic mass is 32.1. The molecule has 1 aliphatic rings. The number of fused-ring (bicyclic) bond motifs is 1. The molecular formula is C27H27N5O3S. The minimum atomic E-state index is -0.0940. The molecular weight excluding hydrogens is 474 g/mol. The van der Waals surface area contributed by atoms with E-state index in [1.807, 2.05) is 18.2 Å². The van der Waals surface area contributed by atoms with Gasteiger partial charge in [0.2, 0.25) is 16.7 Å². The molecule has 0 radical (unpaired) electrons. The fourth-order valence-electron chi connectivity index (χ4n) is 4.84. The van der Waals surface area contributed by atoms with E-state index in [-0.39, 0.29) is 11.9 Å². The van der Waals surface area contributed by atoms with E-state index in [0.717, 1.165) is 42.4 Å². The number of rotatable bonds is 6. The number of thiazole rings is 1. The molecule has 6 rings (SSSR count). The van der Waals surface area contributed by atoms with Crippen molar-refractivity contribution in [3.05, 3.63) is 82.9 Å². The average molecular weight is 502 g/mol. The SMILES string of the molecule is COc1ccc(N2CCN([C@H](c3cccc(C)c3)c3sc4nc(-c5ccco5)nn4c3O)CC2)cc1. The first kappa shape index (κ1) is 22.6. The van der Waals surface area contributed by atoms with Crippen LogP contribution in [0.4, 0.5) is 5.69 Å². The molecule has 5 aromatic rings. The predicted octanol–water partition coefficient (Wildman–Crippen LogP) is 4.99. The maximum atomic E-state index is 11.3. The second-order valence-corrected chi connectivity index (χ2v) is 9.94. The molecule has 0 bridgehead atoms. The number of aromatic hydroxyl groups is 1. The van der Waals surface area contributed by atoms with Crippen molar-refractivity contribution in [1.82, 2.24) is 19.5 Å². The van der Waals surface area contributed by atoms with Gasteiger partial charge in [0, 0.05) is 31.9 Å². The van der Waals surface area contributed by atoms with Gasteiger partial charge in [0.25, 0.3) is 0 Å². The van der Waals surface area contributed by atoms with Crippen LogP contribution < -0.4 is 9.64 Å². The summed E-state index contributed by atoms with van der Waals surface area (Å²) in [7, 11) is 1.68. The molecule has 8 nitrogen and oxygen atoms in total. The van der Waals surface area contributed by atoms with Crippen LogP contribution in [0.5, 0.6) is 11.6 Å². The number of methoxy groups -OCH3 is 1. The lowest BCUT2D eigenvalue weighted by molar-refractivity contribution is 0.211. The molecule has 0 aliphatic carbocycles. The monoisotopic (exact) mass is 501 g/mol. The Labute approximate surface area is 213 Å². The Kier molecular flexibility index (Phi) is 5.86. The summed E-state index contributed by atoms with van der Waals surface area (Å²) in [6.07, 6.45) is 1.59. The number of anilines is 1. The number of benzene rings is 2. The van der Waals surface area contributed by atoms with Gasteiger partial charge in [-0.25, -0.2) is 0 Å².